The Hall–Kier alpha value is -0.630. The van der Waals surface area contributed by atoms with E-state index in [1.807, 2.05) is 13.8 Å². The summed E-state index contributed by atoms with van der Waals surface area (Å²) in [6.07, 6.45) is 1.81. The van der Waals surface area contributed by atoms with Crippen LogP contribution in [0.1, 0.15) is 26.7 Å². The standard InChI is InChI=1S/C13H18ClNO4S2/c1-13(2)8-3-9-15(10-13)21(18,19)12-6-4-11(5-7-12)20(14,16)17/h4-7H,3,8-10H2,1-2H3. The molecule has 0 spiro atoms. The molecule has 5 nitrogen and oxygen atoms in total. The Kier molecular flexibility index (Phi) is 4.41. The van der Waals surface area contributed by atoms with Crippen LogP contribution in [0.25, 0.3) is 0 Å². The SMILES string of the molecule is CC1(C)CCCN(S(=O)(=O)c2ccc(S(=O)(=O)Cl)cc2)C1. The predicted molar refractivity (Wildman–Crippen MR) is 81.3 cm³/mol. The molecule has 21 heavy (non-hydrogen) atoms. The zero-order valence-electron chi connectivity index (χ0n) is 11.9. The van der Waals surface area contributed by atoms with Crippen molar-refractivity contribution in [3.05, 3.63) is 24.3 Å². The molecule has 0 aromatic heterocycles. The van der Waals surface area contributed by atoms with Gasteiger partial charge in [-0.2, -0.15) is 4.31 Å². The van der Waals surface area contributed by atoms with Crippen molar-refractivity contribution >= 4 is 29.8 Å². The normalized spacial score (nSPS) is 20.3. The number of piperidine rings is 1. The lowest BCUT2D eigenvalue weighted by molar-refractivity contribution is 0.187. The molecule has 1 heterocycles. The number of halogens is 1. The van der Waals surface area contributed by atoms with E-state index in [4.69, 9.17) is 10.7 Å². The van der Waals surface area contributed by atoms with Crippen molar-refractivity contribution in [2.24, 2.45) is 5.41 Å². The molecule has 1 aliphatic rings. The van der Waals surface area contributed by atoms with E-state index in [2.05, 4.69) is 0 Å². The molecule has 0 amide bonds. The molecule has 1 fully saturated rings. The van der Waals surface area contributed by atoms with Crippen molar-refractivity contribution in [3.63, 3.8) is 0 Å². The maximum atomic E-state index is 12.6. The van der Waals surface area contributed by atoms with Crippen LogP contribution in [0.3, 0.4) is 0 Å². The average molecular weight is 352 g/mol. The molecule has 0 bridgehead atoms. The molecule has 0 atom stereocenters. The van der Waals surface area contributed by atoms with E-state index in [0.717, 1.165) is 12.8 Å². The minimum atomic E-state index is -3.84. The molecule has 0 unspecified atom stereocenters. The van der Waals surface area contributed by atoms with Crippen molar-refractivity contribution in [1.82, 2.24) is 4.31 Å². The lowest BCUT2D eigenvalue weighted by atomic mass is 9.85. The van der Waals surface area contributed by atoms with Crippen molar-refractivity contribution in [2.75, 3.05) is 13.1 Å². The number of hydrogen-bond acceptors (Lipinski definition) is 4. The fraction of sp³-hybridized carbons (Fsp3) is 0.538. The molecule has 0 N–H and O–H groups in total. The summed E-state index contributed by atoms with van der Waals surface area (Å²) in [7, 11) is -2.22. The molecule has 0 aliphatic carbocycles. The third-order valence-corrected chi connectivity index (χ3v) is 6.84. The molecular weight excluding hydrogens is 334 g/mol. The second-order valence-corrected chi connectivity index (χ2v) is 10.5. The highest BCUT2D eigenvalue weighted by molar-refractivity contribution is 8.13. The van der Waals surface area contributed by atoms with E-state index >= 15 is 0 Å². The Morgan fingerprint density at radius 3 is 2.05 bits per heavy atom. The van der Waals surface area contributed by atoms with Gasteiger partial charge < -0.3 is 0 Å². The summed E-state index contributed by atoms with van der Waals surface area (Å²) in [6.45, 7) is 5.03. The third kappa shape index (κ3) is 3.77. The molecule has 2 rings (SSSR count). The zero-order chi connectivity index (χ0) is 15.9. The average Bonchev–Trinajstić information content (AvgIpc) is 2.36. The fourth-order valence-corrected chi connectivity index (χ4v) is 4.93. The molecule has 0 radical (unpaired) electrons. The van der Waals surface area contributed by atoms with Crippen molar-refractivity contribution in [2.45, 2.75) is 36.5 Å². The molecule has 1 aliphatic heterocycles. The summed E-state index contributed by atoms with van der Waals surface area (Å²) in [6, 6.07) is 4.99. The maximum Gasteiger partial charge on any atom is 0.261 e. The van der Waals surface area contributed by atoms with Gasteiger partial charge >= 0.3 is 0 Å². The number of rotatable bonds is 3. The number of benzene rings is 1. The Balaban J connectivity index is 2.32. The van der Waals surface area contributed by atoms with E-state index in [1.54, 1.807) is 0 Å². The smallest absolute Gasteiger partial charge is 0.207 e. The van der Waals surface area contributed by atoms with Crippen molar-refractivity contribution in [3.8, 4) is 0 Å². The first-order chi connectivity index (χ1) is 9.52. The maximum absolute atomic E-state index is 12.6. The largest absolute Gasteiger partial charge is 0.261 e. The second kappa shape index (κ2) is 5.53. The second-order valence-electron chi connectivity index (χ2n) is 6.02. The molecule has 118 valence electrons. The zero-order valence-corrected chi connectivity index (χ0v) is 14.3. The number of nitrogens with zero attached hydrogens (tertiary/aromatic N) is 1. The number of sulfonamides is 1. The van der Waals surface area contributed by atoms with Gasteiger partial charge in [-0.3, -0.25) is 0 Å². The van der Waals surface area contributed by atoms with Crippen LogP contribution in [0, 0.1) is 5.41 Å². The van der Waals surface area contributed by atoms with Gasteiger partial charge in [0.25, 0.3) is 9.05 Å². The Labute approximate surface area is 130 Å². The van der Waals surface area contributed by atoms with Crippen LogP contribution >= 0.6 is 10.7 Å². The van der Waals surface area contributed by atoms with Crippen LogP contribution in [-0.4, -0.2) is 34.2 Å². The van der Waals surface area contributed by atoms with Crippen LogP contribution in [-0.2, 0) is 19.1 Å². The van der Waals surface area contributed by atoms with Gasteiger partial charge in [0, 0.05) is 23.8 Å². The van der Waals surface area contributed by atoms with Crippen LogP contribution in [0.5, 0.6) is 0 Å². The lowest BCUT2D eigenvalue weighted by Gasteiger charge is -2.37. The molecule has 1 aromatic carbocycles. The summed E-state index contributed by atoms with van der Waals surface area (Å²) < 4.78 is 49.0. The van der Waals surface area contributed by atoms with Gasteiger partial charge in [-0.25, -0.2) is 16.8 Å². The van der Waals surface area contributed by atoms with Gasteiger partial charge in [-0.1, -0.05) is 13.8 Å². The minimum Gasteiger partial charge on any atom is -0.207 e. The molecule has 8 heteroatoms. The van der Waals surface area contributed by atoms with Gasteiger partial charge in [-0.15, -0.1) is 0 Å². The van der Waals surface area contributed by atoms with E-state index in [-0.39, 0.29) is 15.2 Å². The molecular formula is C13H18ClNO4S2. The first kappa shape index (κ1) is 16.7. The van der Waals surface area contributed by atoms with E-state index in [9.17, 15) is 16.8 Å². The van der Waals surface area contributed by atoms with E-state index in [1.165, 1.54) is 28.6 Å². The fourth-order valence-electron chi connectivity index (χ4n) is 2.50. The summed E-state index contributed by atoms with van der Waals surface area (Å²) >= 11 is 0. The van der Waals surface area contributed by atoms with Crippen LogP contribution in [0.2, 0.25) is 0 Å². The first-order valence-corrected chi connectivity index (χ1v) is 10.3. The van der Waals surface area contributed by atoms with E-state index < -0.39 is 19.1 Å². The quantitative estimate of drug-likeness (QED) is 0.784. The highest BCUT2D eigenvalue weighted by Gasteiger charge is 2.34. The van der Waals surface area contributed by atoms with Gasteiger partial charge in [0.2, 0.25) is 10.0 Å². The summed E-state index contributed by atoms with van der Waals surface area (Å²) in [5.74, 6) is 0. The van der Waals surface area contributed by atoms with Crippen LogP contribution < -0.4 is 0 Å². The molecule has 1 saturated heterocycles. The van der Waals surface area contributed by atoms with Crippen molar-refractivity contribution < 1.29 is 16.8 Å². The first-order valence-electron chi connectivity index (χ1n) is 6.57. The van der Waals surface area contributed by atoms with E-state index in [0.29, 0.717) is 13.1 Å². The number of hydrogen-bond donors (Lipinski definition) is 0. The summed E-state index contributed by atoms with van der Waals surface area (Å²) in [5.41, 5.74) is -0.0509. The van der Waals surface area contributed by atoms with Crippen molar-refractivity contribution in [1.29, 1.82) is 0 Å². The van der Waals surface area contributed by atoms with Gasteiger partial charge in [0.15, 0.2) is 0 Å². The summed E-state index contributed by atoms with van der Waals surface area (Å²) in [5, 5.41) is 0. The minimum absolute atomic E-state index is 0.0509. The molecule has 1 aromatic rings. The van der Waals surface area contributed by atoms with Gasteiger partial charge in [0.05, 0.1) is 9.79 Å². The highest BCUT2D eigenvalue weighted by atomic mass is 35.7. The Morgan fingerprint density at radius 2 is 1.57 bits per heavy atom. The molecule has 0 saturated carbocycles. The highest BCUT2D eigenvalue weighted by Crippen LogP contribution is 2.32. The topological polar surface area (TPSA) is 71.5 Å². The Morgan fingerprint density at radius 1 is 1.05 bits per heavy atom. The third-order valence-electron chi connectivity index (χ3n) is 3.61. The lowest BCUT2D eigenvalue weighted by Crippen LogP contribution is -2.43. The van der Waals surface area contributed by atoms with Crippen LogP contribution in [0.4, 0.5) is 0 Å². The predicted octanol–water partition coefficient (Wildman–Crippen LogP) is 2.42. The Bertz CT molecular complexity index is 724. The monoisotopic (exact) mass is 351 g/mol. The summed E-state index contributed by atoms with van der Waals surface area (Å²) in [4.78, 5) is -0.0219. The van der Waals surface area contributed by atoms with Gasteiger partial charge in [0.1, 0.15) is 0 Å². The van der Waals surface area contributed by atoms with Crippen LogP contribution in [0.15, 0.2) is 34.1 Å². The van der Waals surface area contributed by atoms with Gasteiger partial charge in [-0.05, 0) is 42.5 Å².